The van der Waals surface area contributed by atoms with Crippen molar-refractivity contribution in [3.63, 3.8) is 0 Å². The third kappa shape index (κ3) is 3.50. The van der Waals surface area contributed by atoms with Crippen LogP contribution >= 0.6 is 0 Å². The molecule has 0 bridgehead atoms. The van der Waals surface area contributed by atoms with Gasteiger partial charge < -0.3 is 5.11 Å². The lowest BCUT2D eigenvalue weighted by atomic mass is 9.81. The van der Waals surface area contributed by atoms with Crippen LogP contribution in [-0.2, 0) is 11.8 Å². The standard InChI is InChI=1S/C18H19F3O/c1-2-3-12-17(22,14-8-5-4-6-9-14)15-10-7-11-16(13-15)18(19,20)21/h4-11,13,22H,2-3,12H2,1H3. The molecular formula is C18H19F3O. The maximum atomic E-state index is 12.9. The van der Waals surface area contributed by atoms with E-state index in [4.69, 9.17) is 0 Å². The molecule has 2 aromatic carbocycles. The van der Waals surface area contributed by atoms with Crippen LogP contribution in [0.3, 0.4) is 0 Å². The molecule has 118 valence electrons. The molecule has 0 aromatic heterocycles. The van der Waals surface area contributed by atoms with Gasteiger partial charge in [-0.2, -0.15) is 13.2 Å². The number of alkyl halides is 3. The molecule has 0 aliphatic heterocycles. The Morgan fingerprint density at radius 2 is 1.45 bits per heavy atom. The Balaban J connectivity index is 2.50. The van der Waals surface area contributed by atoms with Gasteiger partial charge in [-0.15, -0.1) is 0 Å². The lowest BCUT2D eigenvalue weighted by molar-refractivity contribution is -0.137. The van der Waals surface area contributed by atoms with Crippen molar-refractivity contribution in [2.45, 2.75) is 38.0 Å². The Hall–Kier alpha value is -1.81. The van der Waals surface area contributed by atoms with Crippen LogP contribution in [0.25, 0.3) is 0 Å². The van der Waals surface area contributed by atoms with Gasteiger partial charge in [-0.1, -0.05) is 62.2 Å². The Morgan fingerprint density at radius 3 is 2.05 bits per heavy atom. The fourth-order valence-corrected chi connectivity index (χ4v) is 2.55. The molecule has 0 saturated carbocycles. The second-order valence-electron chi connectivity index (χ2n) is 5.41. The average Bonchev–Trinajstić information content (AvgIpc) is 2.53. The smallest absolute Gasteiger partial charge is 0.380 e. The van der Waals surface area contributed by atoms with E-state index in [1.54, 1.807) is 30.3 Å². The van der Waals surface area contributed by atoms with Gasteiger partial charge >= 0.3 is 6.18 Å². The summed E-state index contributed by atoms with van der Waals surface area (Å²) in [6.45, 7) is 1.98. The minimum Gasteiger partial charge on any atom is -0.380 e. The number of aliphatic hydroxyl groups is 1. The second-order valence-corrected chi connectivity index (χ2v) is 5.41. The van der Waals surface area contributed by atoms with E-state index in [2.05, 4.69) is 0 Å². The summed E-state index contributed by atoms with van der Waals surface area (Å²) in [5.74, 6) is 0. The molecule has 0 fully saturated rings. The molecular weight excluding hydrogens is 289 g/mol. The normalized spacial score (nSPS) is 14.6. The number of benzene rings is 2. The van der Waals surface area contributed by atoms with Crippen molar-refractivity contribution in [1.29, 1.82) is 0 Å². The van der Waals surface area contributed by atoms with E-state index >= 15 is 0 Å². The van der Waals surface area contributed by atoms with Crippen LogP contribution in [0, 0.1) is 0 Å². The first-order chi connectivity index (χ1) is 10.4. The quantitative estimate of drug-likeness (QED) is 0.811. The van der Waals surface area contributed by atoms with Crippen molar-refractivity contribution in [3.8, 4) is 0 Å². The van der Waals surface area contributed by atoms with Gasteiger partial charge in [0.2, 0.25) is 0 Å². The molecule has 0 heterocycles. The predicted molar refractivity (Wildman–Crippen MR) is 80.4 cm³/mol. The van der Waals surface area contributed by atoms with Crippen LogP contribution in [-0.4, -0.2) is 5.11 Å². The van der Waals surface area contributed by atoms with Crippen molar-refractivity contribution in [2.75, 3.05) is 0 Å². The monoisotopic (exact) mass is 308 g/mol. The van der Waals surface area contributed by atoms with E-state index in [9.17, 15) is 18.3 Å². The molecule has 0 aliphatic carbocycles. The van der Waals surface area contributed by atoms with Crippen molar-refractivity contribution in [2.24, 2.45) is 0 Å². The van der Waals surface area contributed by atoms with Crippen LogP contribution in [0.15, 0.2) is 54.6 Å². The average molecular weight is 308 g/mol. The van der Waals surface area contributed by atoms with E-state index in [-0.39, 0.29) is 5.56 Å². The van der Waals surface area contributed by atoms with Gasteiger partial charge in [-0.05, 0) is 29.7 Å². The second kappa shape index (κ2) is 6.53. The Morgan fingerprint density at radius 1 is 0.864 bits per heavy atom. The predicted octanol–water partition coefficient (Wildman–Crippen LogP) is 5.13. The van der Waals surface area contributed by atoms with Crippen molar-refractivity contribution < 1.29 is 18.3 Å². The van der Waals surface area contributed by atoms with E-state index in [1.807, 2.05) is 13.0 Å². The summed E-state index contributed by atoms with van der Waals surface area (Å²) in [6.07, 6.45) is -2.46. The highest BCUT2D eigenvalue weighted by Gasteiger charge is 2.35. The lowest BCUT2D eigenvalue weighted by Gasteiger charge is -2.30. The zero-order valence-electron chi connectivity index (χ0n) is 12.4. The summed E-state index contributed by atoms with van der Waals surface area (Å²) >= 11 is 0. The maximum Gasteiger partial charge on any atom is 0.416 e. The van der Waals surface area contributed by atoms with Gasteiger partial charge in [-0.25, -0.2) is 0 Å². The molecule has 0 aliphatic rings. The van der Waals surface area contributed by atoms with Gasteiger partial charge in [-0.3, -0.25) is 0 Å². The van der Waals surface area contributed by atoms with Crippen LogP contribution < -0.4 is 0 Å². The first-order valence-corrected chi connectivity index (χ1v) is 7.33. The summed E-state index contributed by atoms with van der Waals surface area (Å²) in [5, 5.41) is 11.1. The zero-order valence-corrected chi connectivity index (χ0v) is 12.4. The topological polar surface area (TPSA) is 20.2 Å². The van der Waals surface area contributed by atoms with Gasteiger partial charge in [0.25, 0.3) is 0 Å². The largest absolute Gasteiger partial charge is 0.416 e. The zero-order chi connectivity index (χ0) is 16.2. The van der Waals surface area contributed by atoms with Gasteiger partial charge in [0.15, 0.2) is 0 Å². The first-order valence-electron chi connectivity index (χ1n) is 7.33. The molecule has 1 unspecified atom stereocenters. The van der Waals surface area contributed by atoms with E-state index in [1.165, 1.54) is 6.07 Å². The molecule has 0 radical (unpaired) electrons. The highest BCUT2D eigenvalue weighted by molar-refractivity contribution is 5.38. The summed E-state index contributed by atoms with van der Waals surface area (Å²) < 4.78 is 38.8. The molecule has 2 rings (SSSR count). The molecule has 0 spiro atoms. The van der Waals surface area contributed by atoms with E-state index in [0.717, 1.165) is 25.0 Å². The lowest BCUT2D eigenvalue weighted by Crippen LogP contribution is -2.27. The van der Waals surface area contributed by atoms with Gasteiger partial charge in [0.05, 0.1) is 5.56 Å². The number of hydrogen-bond acceptors (Lipinski definition) is 1. The maximum absolute atomic E-state index is 12.9. The molecule has 1 nitrogen and oxygen atoms in total. The highest BCUT2D eigenvalue weighted by Crippen LogP contribution is 2.37. The Kier molecular flexibility index (Phi) is 4.91. The fraction of sp³-hybridized carbons (Fsp3) is 0.333. The minimum absolute atomic E-state index is 0.280. The molecule has 4 heteroatoms. The van der Waals surface area contributed by atoms with Crippen LogP contribution in [0.5, 0.6) is 0 Å². The first kappa shape index (κ1) is 16.6. The Labute approximate surface area is 128 Å². The van der Waals surface area contributed by atoms with Crippen molar-refractivity contribution >= 4 is 0 Å². The summed E-state index contributed by atoms with van der Waals surface area (Å²) in [7, 11) is 0. The van der Waals surface area contributed by atoms with Crippen LogP contribution in [0.1, 0.15) is 42.9 Å². The molecule has 2 aromatic rings. The molecule has 1 N–H and O–H groups in total. The summed E-state index contributed by atoms with van der Waals surface area (Å²) in [4.78, 5) is 0. The van der Waals surface area contributed by atoms with Crippen molar-refractivity contribution in [1.82, 2.24) is 0 Å². The number of hydrogen-bond donors (Lipinski definition) is 1. The van der Waals surface area contributed by atoms with Gasteiger partial charge in [0, 0.05) is 0 Å². The van der Waals surface area contributed by atoms with E-state index in [0.29, 0.717) is 12.0 Å². The van der Waals surface area contributed by atoms with Crippen LogP contribution in [0.2, 0.25) is 0 Å². The molecule has 0 saturated heterocycles. The Bertz CT molecular complexity index is 607. The molecule has 22 heavy (non-hydrogen) atoms. The number of halogens is 3. The summed E-state index contributed by atoms with van der Waals surface area (Å²) in [6, 6.07) is 13.8. The molecule has 1 atom stereocenters. The molecule has 0 amide bonds. The van der Waals surface area contributed by atoms with E-state index < -0.39 is 17.3 Å². The third-order valence-electron chi connectivity index (χ3n) is 3.81. The fourth-order valence-electron chi connectivity index (χ4n) is 2.55. The number of unbranched alkanes of at least 4 members (excludes halogenated alkanes) is 1. The van der Waals surface area contributed by atoms with Crippen molar-refractivity contribution in [3.05, 3.63) is 71.3 Å². The minimum atomic E-state index is -4.42. The summed E-state index contributed by atoms with van der Waals surface area (Å²) in [5.41, 5.74) is -1.25. The third-order valence-corrected chi connectivity index (χ3v) is 3.81. The number of rotatable bonds is 5. The van der Waals surface area contributed by atoms with Crippen LogP contribution in [0.4, 0.5) is 13.2 Å². The van der Waals surface area contributed by atoms with Gasteiger partial charge in [0.1, 0.15) is 5.60 Å². The highest BCUT2D eigenvalue weighted by atomic mass is 19.4. The SMILES string of the molecule is CCCCC(O)(c1ccccc1)c1cccc(C(F)(F)F)c1.